The van der Waals surface area contributed by atoms with Gasteiger partial charge in [-0.25, -0.2) is 0 Å². The summed E-state index contributed by atoms with van der Waals surface area (Å²) in [5.41, 5.74) is 0. The SMILES string of the molecule is CN(C)CC(=O)NCCNC1CCCCCC1. The van der Waals surface area contributed by atoms with Crippen LogP contribution in [0, 0.1) is 0 Å². The maximum absolute atomic E-state index is 11.4. The highest BCUT2D eigenvalue weighted by Gasteiger charge is 2.10. The van der Waals surface area contributed by atoms with Gasteiger partial charge in [0.2, 0.25) is 5.91 Å². The Hall–Kier alpha value is -0.610. The molecule has 100 valence electrons. The third kappa shape index (κ3) is 7.34. The minimum Gasteiger partial charge on any atom is -0.354 e. The van der Waals surface area contributed by atoms with Gasteiger partial charge in [-0.1, -0.05) is 25.7 Å². The standard InChI is InChI=1S/C13H27N3O/c1-16(2)11-13(17)15-10-9-14-12-7-5-3-4-6-8-12/h12,14H,3-11H2,1-2H3,(H,15,17). The molecule has 4 nitrogen and oxygen atoms in total. The number of hydrogen-bond donors (Lipinski definition) is 2. The highest BCUT2D eigenvalue weighted by Crippen LogP contribution is 2.16. The molecule has 1 fully saturated rings. The van der Waals surface area contributed by atoms with Gasteiger partial charge in [-0.05, 0) is 26.9 Å². The lowest BCUT2D eigenvalue weighted by molar-refractivity contribution is -0.121. The molecule has 1 aliphatic carbocycles. The average Bonchev–Trinajstić information content (AvgIpc) is 2.52. The lowest BCUT2D eigenvalue weighted by Gasteiger charge is -2.16. The Labute approximate surface area is 105 Å². The Kier molecular flexibility index (Phi) is 7.21. The number of amides is 1. The molecule has 17 heavy (non-hydrogen) atoms. The molecule has 2 N–H and O–H groups in total. The molecule has 1 rings (SSSR count). The molecule has 0 bridgehead atoms. The van der Waals surface area contributed by atoms with Gasteiger partial charge in [0.1, 0.15) is 0 Å². The first-order chi connectivity index (χ1) is 8.18. The zero-order valence-corrected chi connectivity index (χ0v) is 11.3. The largest absolute Gasteiger partial charge is 0.354 e. The summed E-state index contributed by atoms with van der Waals surface area (Å²) < 4.78 is 0. The fourth-order valence-electron chi connectivity index (χ4n) is 2.30. The second-order valence-corrected chi connectivity index (χ2v) is 5.23. The minimum atomic E-state index is 0.109. The number of rotatable bonds is 6. The third-order valence-corrected chi connectivity index (χ3v) is 3.20. The normalized spacial score (nSPS) is 18.1. The van der Waals surface area contributed by atoms with E-state index >= 15 is 0 Å². The number of nitrogens with zero attached hydrogens (tertiary/aromatic N) is 1. The molecule has 0 aliphatic heterocycles. The van der Waals surface area contributed by atoms with Crippen LogP contribution in [0.1, 0.15) is 38.5 Å². The summed E-state index contributed by atoms with van der Waals surface area (Å²) in [6.45, 7) is 2.11. The van der Waals surface area contributed by atoms with Crippen LogP contribution >= 0.6 is 0 Å². The van der Waals surface area contributed by atoms with E-state index < -0.39 is 0 Å². The first-order valence-corrected chi connectivity index (χ1v) is 6.83. The molecule has 1 amide bonds. The Morgan fingerprint density at radius 3 is 2.35 bits per heavy atom. The van der Waals surface area contributed by atoms with Crippen LogP contribution in [0.2, 0.25) is 0 Å². The van der Waals surface area contributed by atoms with Crippen LogP contribution in [0.5, 0.6) is 0 Å². The van der Waals surface area contributed by atoms with E-state index in [-0.39, 0.29) is 5.91 Å². The van der Waals surface area contributed by atoms with Crippen LogP contribution in [0.4, 0.5) is 0 Å². The van der Waals surface area contributed by atoms with E-state index in [4.69, 9.17) is 0 Å². The first-order valence-electron chi connectivity index (χ1n) is 6.83. The van der Waals surface area contributed by atoms with Gasteiger partial charge < -0.3 is 15.5 Å². The molecular formula is C13H27N3O. The van der Waals surface area contributed by atoms with Crippen molar-refractivity contribution in [2.75, 3.05) is 33.7 Å². The minimum absolute atomic E-state index is 0.109. The summed E-state index contributed by atoms with van der Waals surface area (Å²) in [4.78, 5) is 13.3. The predicted molar refractivity (Wildman–Crippen MR) is 71.1 cm³/mol. The lowest BCUT2D eigenvalue weighted by atomic mass is 10.1. The summed E-state index contributed by atoms with van der Waals surface area (Å²) in [6, 6.07) is 0.670. The van der Waals surface area contributed by atoms with E-state index in [0.29, 0.717) is 12.6 Å². The van der Waals surface area contributed by atoms with E-state index in [0.717, 1.165) is 13.1 Å². The van der Waals surface area contributed by atoms with Crippen LogP contribution < -0.4 is 10.6 Å². The molecule has 0 aromatic rings. The summed E-state index contributed by atoms with van der Waals surface area (Å²) >= 11 is 0. The number of carbonyl (C=O) groups is 1. The van der Waals surface area contributed by atoms with Crippen LogP contribution in [-0.4, -0.2) is 50.6 Å². The molecule has 0 heterocycles. The Balaban J connectivity index is 2.01. The predicted octanol–water partition coefficient (Wildman–Crippen LogP) is 0.977. The molecule has 0 unspecified atom stereocenters. The van der Waals surface area contributed by atoms with Gasteiger partial charge in [0.25, 0.3) is 0 Å². The number of carbonyl (C=O) groups excluding carboxylic acids is 1. The quantitative estimate of drug-likeness (QED) is 0.538. The zero-order valence-electron chi connectivity index (χ0n) is 11.3. The van der Waals surface area contributed by atoms with Gasteiger partial charge in [0.15, 0.2) is 0 Å². The molecule has 4 heteroatoms. The van der Waals surface area contributed by atoms with Gasteiger partial charge in [0, 0.05) is 19.1 Å². The number of nitrogens with one attached hydrogen (secondary N) is 2. The fraction of sp³-hybridized carbons (Fsp3) is 0.923. The topological polar surface area (TPSA) is 44.4 Å². The summed E-state index contributed by atoms with van der Waals surface area (Å²) in [5, 5.41) is 6.47. The molecule has 0 radical (unpaired) electrons. The zero-order chi connectivity index (χ0) is 12.5. The highest BCUT2D eigenvalue weighted by atomic mass is 16.1. The van der Waals surface area contributed by atoms with E-state index in [9.17, 15) is 4.79 Å². The maximum atomic E-state index is 11.4. The molecule has 0 atom stereocenters. The van der Waals surface area contributed by atoms with Crippen molar-refractivity contribution in [3.05, 3.63) is 0 Å². The van der Waals surface area contributed by atoms with E-state index in [1.165, 1.54) is 38.5 Å². The van der Waals surface area contributed by atoms with Crippen molar-refractivity contribution in [1.82, 2.24) is 15.5 Å². The molecule has 1 aliphatic rings. The molecule has 0 saturated heterocycles. The van der Waals surface area contributed by atoms with Crippen molar-refractivity contribution < 1.29 is 4.79 Å². The van der Waals surface area contributed by atoms with E-state index in [2.05, 4.69) is 10.6 Å². The van der Waals surface area contributed by atoms with Gasteiger partial charge in [-0.15, -0.1) is 0 Å². The highest BCUT2D eigenvalue weighted by molar-refractivity contribution is 5.77. The summed E-state index contributed by atoms with van der Waals surface area (Å²) in [6.07, 6.45) is 8.07. The van der Waals surface area contributed by atoms with Crippen molar-refractivity contribution >= 4 is 5.91 Å². The van der Waals surface area contributed by atoms with Crippen molar-refractivity contribution in [1.29, 1.82) is 0 Å². The maximum Gasteiger partial charge on any atom is 0.234 e. The fourth-order valence-corrected chi connectivity index (χ4v) is 2.30. The Morgan fingerprint density at radius 1 is 1.12 bits per heavy atom. The monoisotopic (exact) mass is 241 g/mol. The first kappa shape index (κ1) is 14.5. The van der Waals surface area contributed by atoms with Crippen molar-refractivity contribution in [2.45, 2.75) is 44.6 Å². The van der Waals surface area contributed by atoms with Gasteiger partial charge in [0.05, 0.1) is 6.54 Å². The number of hydrogen-bond acceptors (Lipinski definition) is 3. The molecule has 0 aromatic heterocycles. The van der Waals surface area contributed by atoms with Crippen molar-refractivity contribution in [2.24, 2.45) is 0 Å². The second kappa shape index (κ2) is 8.48. The number of likely N-dealkylation sites (N-methyl/N-ethyl adjacent to an activating group) is 1. The van der Waals surface area contributed by atoms with E-state index in [1.807, 2.05) is 19.0 Å². The van der Waals surface area contributed by atoms with Crippen LogP contribution in [0.15, 0.2) is 0 Å². The van der Waals surface area contributed by atoms with E-state index in [1.54, 1.807) is 0 Å². The smallest absolute Gasteiger partial charge is 0.234 e. The Morgan fingerprint density at radius 2 is 1.76 bits per heavy atom. The average molecular weight is 241 g/mol. The van der Waals surface area contributed by atoms with Gasteiger partial charge in [-0.3, -0.25) is 4.79 Å². The van der Waals surface area contributed by atoms with Gasteiger partial charge >= 0.3 is 0 Å². The second-order valence-electron chi connectivity index (χ2n) is 5.23. The molecular weight excluding hydrogens is 214 g/mol. The molecule has 0 aromatic carbocycles. The lowest BCUT2D eigenvalue weighted by Crippen LogP contribution is -2.39. The van der Waals surface area contributed by atoms with Gasteiger partial charge in [-0.2, -0.15) is 0 Å². The van der Waals surface area contributed by atoms with Crippen molar-refractivity contribution in [3.8, 4) is 0 Å². The Bertz CT molecular complexity index is 211. The van der Waals surface area contributed by atoms with Crippen LogP contribution in [0.25, 0.3) is 0 Å². The molecule has 0 spiro atoms. The summed E-state index contributed by atoms with van der Waals surface area (Å²) in [7, 11) is 3.81. The third-order valence-electron chi connectivity index (χ3n) is 3.20. The van der Waals surface area contributed by atoms with Crippen LogP contribution in [0.3, 0.4) is 0 Å². The molecule has 1 saturated carbocycles. The van der Waals surface area contributed by atoms with Crippen molar-refractivity contribution in [3.63, 3.8) is 0 Å². The summed E-state index contributed by atoms with van der Waals surface area (Å²) in [5.74, 6) is 0.109. The van der Waals surface area contributed by atoms with Crippen LogP contribution in [-0.2, 0) is 4.79 Å².